The van der Waals surface area contributed by atoms with E-state index in [9.17, 15) is 4.79 Å². The van der Waals surface area contributed by atoms with Gasteiger partial charge in [0.2, 0.25) is 0 Å². The number of rotatable bonds is 6. The molecule has 0 aliphatic rings. The average molecular weight is 293 g/mol. The van der Waals surface area contributed by atoms with Crippen LogP contribution in [-0.4, -0.2) is 22.6 Å². The van der Waals surface area contributed by atoms with Gasteiger partial charge in [-0.05, 0) is 37.1 Å². The lowest BCUT2D eigenvalue weighted by molar-refractivity contribution is -0.141. The first-order valence-electron chi connectivity index (χ1n) is 6.59. The Morgan fingerprint density at radius 2 is 2.25 bits per heavy atom. The number of pyridine rings is 1. The number of benzene rings is 1. The van der Waals surface area contributed by atoms with Gasteiger partial charge in [-0.2, -0.15) is 0 Å². The minimum atomic E-state index is -0.742. The summed E-state index contributed by atoms with van der Waals surface area (Å²) in [5, 5.41) is 13.8. The van der Waals surface area contributed by atoms with Gasteiger partial charge >= 0.3 is 5.97 Å². The van der Waals surface area contributed by atoms with E-state index in [-0.39, 0.29) is 5.92 Å². The number of hydrogen-bond donors (Lipinski definition) is 2. The molecule has 1 unspecified atom stereocenters. The Morgan fingerprint density at radius 3 is 3.00 bits per heavy atom. The van der Waals surface area contributed by atoms with E-state index in [4.69, 9.17) is 16.7 Å². The van der Waals surface area contributed by atoms with Crippen LogP contribution >= 0.6 is 11.6 Å². The molecule has 20 heavy (non-hydrogen) atoms. The number of fused-ring (bicyclic) bond motifs is 1. The highest BCUT2D eigenvalue weighted by Gasteiger charge is 2.09. The molecular weight excluding hydrogens is 276 g/mol. The third-order valence-electron chi connectivity index (χ3n) is 3.26. The Morgan fingerprint density at radius 1 is 1.45 bits per heavy atom. The van der Waals surface area contributed by atoms with Crippen molar-refractivity contribution in [3.05, 3.63) is 35.5 Å². The normalized spacial score (nSPS) is 12.3. The molecular formula is C15H17ClN2O2. The van der Waals surface area contributed by atoms with Crippen LogP contribution in [0.4, 0.5) is 5.69 Å². The van der Waals surface area contributed by atoms with Gasteiger partial charge in [-0.15, -0.1) is 0 Å². The molecule has 0 aliphatic heterocycles. The number of nitrogens with one attached hydrogen (secondary N) is 1. The average Bonchev–Trinajstić information content (AvgIpc) is 2.42. The van der Waals surface area contributed by atoms with Gasteiger partial charge in [-0.3, -0.25) is 9.78 Å². The molecule has 5 heteroatoms. The maximum Gasteiger partial charge on any atom is 0.306 e. The van der Waals surface area contributed by atoms with E-state index < -0.39 is 5.97 Å². The third-order valence-corrected chi connectivity index (χ3v) is 3.49. The predicted molar refractivity (Wildman–Crippen MR) is 81.3 cm³/mol. The first-order chi connectivity index (χ1) is 9.58. The topological polar surface area (TPSA) is 62.2 Å². The highest BCUT2D eigenvalue weighted by atomic mass is 35.5. The molecule has 0 radical (unpaired) electrons. The Labute approximate surface area is 122 Å². The lowest BCUT2D eigenvalue weighted by atomic mass is 10.1. The Bertz CT molecular complexity index is 616. The fraction of sp³-hybridized carbons (Fsp3) is 0.333. The van der Waals surface area contributed by atoms with Crippen LogP contribution in [0.2, 0.25) is 5.02 Å². The molecule has 0 bridgehead atoms. The van der Waals surface area contributed by atoms with Crippen molar-refractivity contribution in [2.75, 3.05) is 11.9 Å². The number of anilines is 1. The summed E-state index contributed by atoms with van der Waals surface area (Å²) in [4.78, 5) is 15.0. The molecule has 1 atom stereocenters. The van der Waals surface area contributed by atoms with Gasteiger partial charge in [-0.25, -0.2) is 0 Å². The first-order valence-corrected chi connectivity index (χ1v) is 6.96. The van der Waals surface area contributed by atoms with Crippen molar-refractivity contribution >= 4 is 34.2 Å². The lowest BCUT2D eigenvalue weighted by Crippen LogP contribution is -2.11. The first kappa shape index (κ1) is 14.6. The maximum atomic E-state index is 10.7. The Balaban J connectivity index is 1.98. The fourth-order valence-electron chi connectivity index (χ4n) is 2.03. The standard InChI is InChI=1S/C15H17ClN2O2/c1-10(15(19)20)3-2-7-17-13-6-8-18-14-9-11(16)4-5-12(13)14/h4-6,8-10H,2-3,7H2,1H3,(H,17,18)(H,19,20). The predicted octanol–water partition coefficient (Wildman–Crippen LogP) is 3.80. The van der Waals surface area contributed by atoms with Crippen LogP contribution in [0.25, 0.3) is 10.9 Å². The Kier molecular flexibility index (Phi) is 4.79. The minimum Gasteiger partial charge on any atom is -0.481 e. The van der Waals surface area contributed by atoms with Gasteiger partial charge in [0.05, 0.1) is 11.4 Å². The second-order valence-electron chi connectivity index (χ2n) is 4.83. The molecule has 2 rings (SSSR count). The number of carboxylic acid groups (broad SMARTS) is 1. The van der Waals surface area contributed by atoms with Crippen molar-refractivity contribution in [2.24, 2.45) is 5.92 Å². The molecule has 1 aromatic carbocycles. The highest BCUT2D eigenvalue weighted by molar-refractivity contribution is 6.31. The zero-order chi connectivity index (χ0) is 14.5. The van der Waals surface area contributed by atoms with Crippen LogP contribution in [0.3, 0.4) is 0 Å². The van der Waals surface area contributed by atoms with E-state index in [1.54, 1.807) is 13.1 Å². The summed E-state index contributed by atoms with van der Waals surface area (Å²) >= 11 is 5.95. The van der Waals surface area contributed by atoms with E-state index in [1.165, 1.54) is 0 Å². The smallest absolute Gasteiger partial charge is 0.306 e. The molecule has 0 aliphatic carbocycles. The van der Waals surface area contributed by atoms with Crippen molar-refractivity contribution < 1.29 is 9.90 Å². The molecule has 1 heterocycles. The van der Waals surface area contributed by atoms with Crippen molar-refractivity contribution in [3.8, 4) is 0 Å². The lowest BCUT2D eigenvalue weighted by Gasteiger charge is -2.10. The maximum absolute atomic E-state index is 10.7. The van der Waals surface area contributed by atoms with E-state index in [2.05, 4.69) is 10.3 Å². The van der Waals surface area contributed by atoms with E-state index in [0.29, 0.717) is 11.4 Å². The van der Waals surface area contributed by atoms with Crippen LogP contribution in [-0.2, 0) is 4.79 Å². The summed E-state index contributed by atoms with van der Waals surface area (Å²) in [6.07, 6.45) is 3.21. The Hall–Kier alpha value is -1.81. The molecule has 106 valence electrons. The highest BCUT2D eigenvalue weighted by Crippen LogP contribution is 2.24. The zero-order valence-electron chi connectivity index (χ0n) is 11.3. The summed E-state index contributed by atoms with van der Waals surface area (Å²) in [6.45, 7) is 2.46. The minimum absolute atomic E-state index is 0.301. The van der Waals surface area contributed by atoms with Crippen LogP contribution < -0.4 is 5.32 Å². The summed E-state index contributed by atoms with van der Waals surface area (Å²) < 4.78 is 0. The van der Waals surface area contributed by atoms with Crippen molar-refractivity contribution in [1.29, 1.82) is 0 Å². The van der Waals surface area contributed by atoms with Crippen molar-refractivity contribution in [3.63, 3.8) is 0 Å². The zero-order valence-corrected chi connectivity index (χ0v) is 12.0. The second kappa shape index (κ2) is 6.57. The van der Waals surface area contributed by atoms with Gasteiger partial charge in [0, 0.05) is 28.8 Å². The SMILES string of the molecule is CC(CCCNc1ccnc2cc(Cl)ccc12)C(=O)O. The molecule has 0 saturated carbocycles. The van der Waals surface area contributed by atoms with Crippen molar-refractivity contribution in [1.82, 2.24) is 4.98 Å². The van der Waals surface area contributed by atoms with Gasteiger partial charge in [0.1, 0.15) is 0 Å². The summed E-state index contributed by atoms with van der Waals surface area (Å²) in [5.41, 5.74) is 1.84. The molecule has 1 aromatic heterocycles. The molecule has 2 aromatic rings. The van der Waals surface area contributed by atoms with Crippen molar-refractivity contribution in [2.45, 2.75) is 19.8 Å². The number of halogens is 1. The number of carbonyl (C=O) groups is 1. The summed E-state index contributed by atoms with van der Waals surface area (Å²) in [7, 11) is 0. The molecule has 0 amide bonds. The van der Waals surface area contributed by atoms with Gasteiger partial charge in [0.15, 0.2) is 0 Å². The van der Waals surface area contributed by atoms with Crippen LogP contribution in [0.15, 0.2) is 30.5 Å². The van der Waals surface area contributed by atoms with E-state index in [1.807, 2.05) is 24.3 Å². The van der Waals surface area contributed by atoms with Gasteiger partial charge in [-0.1, -0.05) is 18.5 Å². The quantitative estimate of drug-likeness (QED) is 0.795. The number of hydrogen-bond acceptors (Lipinski definition) is 3. The monoisotopic (exact) mass is 292 g/mol. The van der Waals surface area contributed by atoms with Gasteiger partial charge in [0.25, 0.3) is 0 Å². The molecule has 4 nitrogen and oxygen atoms in total. The number of nitrogens with zero attached hydrogens (tertiary/aromatic N) is 1. The van der Waals surface area contributed by atoms with Crippen LogP contribution in [0.1, 0.15) is 19.8 Å². The van der Waals surface area contributed by atoms with E-state index in [0.717, 1.165) is 29.6 Å². The fourth-order valence-corrected chi connectivity index (χ4v) is 2.20. The number of carboxylic acids is 1. The number of aromatic nitrogens is 1. The van der Waals surface area contributed by atoms with Crippen LogP contribution in [0.5, 0.6) is 0 Å². The molecule has 0 spiro atoms. The third kappa shape index (κ3) is 3.61. The van der Waals surface area contributed by atoms with Gasteiger partial charge < -0.3 is 10.4 Å². The largest absolute Gasteiger partial charge is 0.481 e. The van der Waals surface area contributed by atoms with Crippen LogP contribution in [0, 0.1) is 5.92 Å². The number of aliphatic carboxylic acids is 1. The summed E-state index contributed by atoms with van der Waals surface area (Å²) in [6, 6.07) is 7.52. The van der Waals surface area contributed by atoms with E-state index >= 15 is 0 Å². The second-order valence-corrected chi connectivity index (χ2v) is 5.26. The summed E-state index contributed by atoms with van der Waals surface area (Å²) in [5.74, 6) is -1.04. The molecule has 2 N–H and O–H groups in total. The molecule has 0 saturated heterocycles. The molecule has 0 fully saturated rings.